The van der Waals surface area contributed by atoms with Crippen molar-refractivity contribution in [3.63, 3.8) is 0 Å². The number of para-hydroxylation sites is 2. The van der Waals surface area contributed by atoms with Crippen LogP contribution in [0.1, 0.15) is 25.0 Å². The van der Waals surface area contributed by atoms with Crippen molar-refractivity contribution < 1.29 is 29.2 Å². The van der Waals surface area contributed by atoms with Gasteiger partial charge in [0.2, 0.25) is 0 Å². The number of aliphatic hydroxyl groups excluding tert-OH is 1. The van der Waals surface area contributed by atoms with Gasteiger partial charge in [-0.25, -0.2) is 4.79 Å². The average Bonchev–Trinajstić information content (AvgIpc) is 2.91. The molecule has 0 aromatic heterocycles. The summed E-state index contributed by atoms with van der Waals surface area (Å²) in [7, 11) is 0. The molecular formula is C30H37NO6. The zero-order chi connectivity index (χ0) is 26.5. The van der Waals surface area contributed by atoms with Crippen LogP contribution in [0.4, 0.5) is 0 Å². The summed E-state index contributed by atoms with van der Waals surface area (Å²) in [5, 5.41) is 21.0. The molecule has 0 saturated carbocycles. The van der Waals surface area contributed by atoms with Gasteiger partial charge in [-0.05, 0) is 68.1 Å². The standard InChI is InChI=1S/C30H37NO6/c1-3-35-30(34)22-37-28-15-13-24(14-16-28)19-23(2)31(18-17-25-9-7-8-12-29(25)33)20-26(32)21-36-27-10-5-4-6-11-27/h4-16,23,26,32-33H,3,17-22H2,1-2H3/t23-,26-/m1/s1. The van der Waals surface area contributed by atoms with Crippen LogP contribution in [0.3, 0.4) is 0 Å². The fourth-order valence-corrected chi connectivity index (χ4v) is 4.05. The lowest BCUT2D eigenvalue weighted by Crippen LogP contribution is -2.43. The van der Waals surface area contributed by atoms with Gasteiger partial charge in [0.05, 0.1) is 6.61 Å². The number of carbonyl (C=O) groups excluding carboxylic acids is 1. The lowest BCUT2D eigenvalue weighted by molar-refractivity contribution is -0.145. The van der Waals surface area contributed by atoms with E-state index in [0.717, 1.165) is 23.3 Å². The van der Waals surface area contributed by atoms with E-state index in [4.69, 9.17) is 14.2 Å². The number of hydrogen-bond donors (Lipinski definition) is 2. The van der Waals surface area contributed by atoms with Crippen LogP contribution in [-0.4, -0.2) is 66.1 Å². The summed E-state index contributed by atoms with van der Waals surface area (Å²) in [5.41, 5.74) is 1.98. The van der Waals surface area contributed by atoms with Crippen molar-refractivity contribution in [2.45, 2.75) is 38.8 Å². The molecular weight excluding hydrogens is 470 g/mol. The van der Waals surface area contributed by atoms with Gasteiger partial charge < -0.3 is 24.4 Å². The van der Waals surface area contributed by atoms with E-state index in [9.17, 15) is 15.0 Å². The Balaban J connectivity index is 1.60. The molecule has 0 aliphatic carbocycles. The van der Waals surface area contributed by atoms with Crippen LogP contribution in [0.15, 0.2) is 78.9 Å². The molecule has 2 N–H and O–H groups in total. The highest BCUT2D eigenvalue weighted by Crippen LogP contribution is 2.19. The van der Waals surface area contributed by atoms with E-state index < -0.39 is 12.1 Å². The maximum absolute atomic E-state index is 11.5. The lowest BCUT2D eigenvalue weighted by atomic mass is 10.0. The monoisotopic (exact) mass is 507 g/mol. The van der Waals surface area contributed by atoms with E-state index >= 15 is 0 Å². The van der Waals surface area contributed by atoms with Gasteiger partial charge in [-0.2, -0.15) is 0 Å². The van der Waals surface area contributed by atoms with Crippen LogP contribution < -0.4 is 9.47 Å². The van der Waals surface area contributed by atoms with Gasteiger partial charge >= 0.3 is 5.97 Å². The Morgan fingerprint density at radius 1 is 0.919 bits per heavy atom. The summed E-state index contributed by atoms with van der Waals surface area (Å²) in [6.07, 6.45) is 0.737. The van der Waals surface area contributed by atoms with Gasteiger partial charge in [0.25, 0.3) is 0 Å². The number of carbonyl (C=O) groups is 1. The molecule has 7 nitrogen and oxygen atoms in total. The van der Waals surface area contributed by atoms with Crippen LogP contribution in [0.25, 0.3) is 0 Å². The van der Waals surface area contributed by atoms with E-state index in [0.29, 0.717) is 31.9 Å². The second-order valence-electron chi connectivity index (χ2n) is 8.94. The molecule has 37 heavy (non-hydrogen) atoms. The second-order valence-corrected chi connectivity index (χ2v) is 8.94. The molecule has 0 radical (unpaired) electrons. The first-order valence-corrected chi connectivity index (χ1v) is 12.7. The van der Waals surface area contributed by atoms with Crippen LogP contribution in [0, 0.1) is 0 Å². The molecule has 3 aromatic carbocycles. The fourth-order valence-electron chi connectivity index (χ4n) is 4.05. The van der Waals surface area contributed by atoms with Gasteiger partial charge in [0.15, 0.2) is 6.61 Å². The summed E-state index contributed by atoms with van der Waals surface area (Å²) >= 11 is 0. The Morgan fingerprint density at radius 2 is 1.59 bits per heavy atom. The highest BCUT2D eigenvalue weighted by Gasteiger charge is 2.19. The summed E-state index contributed by atoms with van der Waals surface area (Å²) in [6, 6.07) is 24.5. The minimum atomic E-state index is -0.675. The molecule has 0 heterocycles. The molecule has 7 heteroatoms. The van der Waals surface area contributed by atoms with Crippen LogP contribution in [0.2, 0.25) is 0 Å². The number of phenols is 1. The quantitative estimate of drug-likeness (QED) is 0.297. The number of aliphatic hydroxyl groups is 1. The Labute approximate surface area is 219 Å². The molecule has 0 fully saturated rings. The van der Waals surface area contributed by atoms with Crippen LogP contribution in [-0.2, 0) is 22.4 Å². The first kappa shape index (κ1) is 28.0. The highest BCUT2D eigenvalue weighted by molar-refractivity contribution is 5.71. The predicted molar refractivity (Wildman–Crippen MR) is 143 cm³/mol. The molecule has 2 atom stereocenters. The van der Waals surface area contributed by atoms with E-state index in [1.807, 2.05) is 72.8 Å². The van der Waals surface area contributed by atoms with Crippen LogP contribution >= 0.6 is 0 Å². The number of aromatic hydroxyl groups is 1. The molecule has 0 spiro atoms. The van der Waals surface area contributed by atoms with Crippen LogP contribution in [0.5, 0.6) is 17.2 Å². The lowest BCUT2D eigenvalue weighted by Gasteiger charge is -2.31. The van der Waals surface area contributed by atoms with Crippen molar-refractivity contribution in [2.75, 3.05) is 32.9 Å². The molecule has 0 aliphatic rings. The average molecular weight is 508 g/mol. The molecule has 0 unspecified atom stereocenters. The number of ether oxygens (including phenoxy) is 3. The summed E-state index contributed by atoms with van der Waals surface area (Å²) < 4.78 is 16.1. The summed E-state index contributed by atoms with van der Waals surface area (Å²) in [6.45, 7) is 5.38. The number of esters is 1. The van der Waals surface area contributed by atoms with Gasteiger partial charge in [-0.3, -0.25) is 4.90 Å². The second kappa shape index (κ2) is 14.9. The van der Waals surface area contributed by atoms with E-state index in [2.05, 4.69) is 11.8 Å². The molecule has 3 rings (SSSR count). The third kappa shape index (κ3) is 9.79. The van der Waals surface area contributed by atoms with Gasteiger partial charge in [0.1, 0.15) is 30.0 Å². The Bertz CT molecular complexity index is 1070. The summed E-state index contributed by atoms with van der Waals surface area (Å²) in [5.74, 6) is 1.21. The molecule has 0 amide bonds. The Morgan fingerprint density at radius 3 is 2.30 bits per heavy atom. The molecule has 198 valence electrons. The predicted octanol–water partition coefficient (Wildman–Crippen LogP) is 4.25. The third-order valence-electron chi connectivity index (χ3n) is 6.03. The van der Waals surface area contributed by atoms with Crippen molar-refractivity contribution in [3.05, 3.63) is 90.0 Å². The third-order valence-corrected chi connectivity index (χ3v) is 6.03. The maximum atomic E-state index is 11.5. The molecule has 0 bridgehead atoms. The van der Waals surface area contributed by atoms with Gasteiger partial charge in [-0.15, -0.1) is 0 Å². The first-order valence-electron chi connectivity index (χ1n) is 12.7. The Kier molecular flexibility index (Phi) is 11.3. The van der Waals surface area contributed by atoms with Crippen molar-refractivity contribution in [3.8, 4) is 17.2 Å². The van der Waals surface area contributed by atoms with Crippen molar-refractivity contribution in [1.82, 2.24) is 4.90 Å². The van der Waals surface area contributed by atoms with E-state index in [1.54, 1.807) is 13.0 Å². The molecule has 0 aliphatic heterocycles. The minimum Gasteiger partial charge on any atom is -0.508 e. The van der Waals surface area contributed by atoms with E-state index in [-0.39, 0.29) is 25.0 Å². The minimum absolute atomic E-state index is 0.114. The SMILES string of the molecule is CCOC(=O)COc1ccc(C[C@@H](C)N(CCc2ccccc2O)C[C@@H](O)COc2ccccc2)cc1. The number of phenolic OH excluding ortho intramolecular Hbond substituents is 1. The van der Waals surface area contributed by atoms with Gasteiger partial charge in [-0.1, -0.05) is 48.5 Å². The normalized spacial score (nSPS) is 12.6. The fraction of sp³-hybridized carbons (Fsp3) is 0.367. The zero-order valence-electron chi connectivity index (χ0n) is 21.6. The Hall–Kier alpha value is -3.55. The molecule has 0 saturated heterocycles. The van der Waals surface area contributed by atoms with Crippen molar-refractivity contribution in [1.29, 1.82) is 0 Å². The zero-order valence-corrected chi connectivity index (χ0v) is 21.6. The highest BCUT2D eigenvalue weighted by atomic mass is 16.6. The topological polar surface area (TPSA) is 88.5 Å². The largest absolute Gasteiger partial charge is 0.508 e. The molecule has 3 aromatic rings. The van der Waals surface area contributed by atoms with Crippen molar-refractivity contribution in [2.24, 2.45) is 0 Å². The number of nitrogens with zero attached hydrogens (tertiary/aromatic N) is 1. The van der Waals surface area contributed by atoms with Gasteiger partial charge in [0, 0.05) is 19.1 Å². The first-order chi connectivity index (χ1) is 17.9. The number of hydrogen-bond acceptors (Lipinski definition) is 7. The van der Waals surface area contributed by atoms with E-state index in [1.165, 1.54) is 0 Å². The number of benzene rings is 3. The number of rotatable bonds is 15. The van der Waals surface area contributed by atoms with Crippen molar-refractivity contribution >= 4 is 5.97 Å². The summed E-state index contributed by atoms with van der Waals surface area (Å²) in [4.78, 5) is 13.7. The smallest absolute Gasteiger partial charge is 0.344 e. The maximum Gasteiger partial charge on any atom is 0.344 e.